The number of carbonyl (C=O) groups is 1. The van der Waals surface area contributed by atoms with Gasteiger partial charge < -0.3 is 0 Å². The van der Waals surface area contributed by atoms with Crippen molar-refractivity contribution in [3.05, 3.63) is 0 Å². The molecular formula is C12H19NO. The molecule has 2 atom stereocenters. The van der Waals surface area contributed by atoms with Gasteiger partial charge in [0.2, 0.25) is 0 Å². The van der Waals surface area contributed by atoms with Gasteiger partial charge in [0.15, 0.2) is 0 Å². The summed E-state index contributed by atoms with van der Waals surface area (Å²) in [6, 6.07) is 2.08. The molecule has 0 amide bonds. The molecular weight excluding hydrogens is 174 g/mol. The second-order valence-corrected chi connectivity index (χ2v) is 5.22. The van der Waals surface area contributed by atoms with Crippen LogP contribution in [0.15, 0.2) is 0 Å². The van der Waals surface area contributed by atoms with E-state index in [1.165, 1.54) is 38.5 Å². The zero-order valence-corrected chi connectivity index (χ0v) is 8.74. The smallest absolute Gasteiger partial charge is 0.136 e. The van der Waals surface area contributed by atoms with Gasteiger partial charge in [-0.05, 0) is 25.7 Å². The number of piperidine rings is 3. The first-order valence-electron chi connectivity index (χ1n) is 6.14. The van der Waals surface area contributed by atoms with E-state index >= 15 is 0 Å². The molecule has 3 saturated heterocycles. The van der Waals surface area contributed by atoms with E-state index in [0.29, 0.717) is 17.9 Å². The molecule has 0 aliphatic carbocycles. The number of carbonyl (C=O) groups excluding carboxylic acids is 1. The fraction of sp³-hybridized carbons (Fsp3) is 0.917. The molecule has 0 N–H and O–H groups in total. The molecule has 0 aromatic rings. The first-order chi connectivity index (χ1) is 6.84. The Hall–Kier alpha value is -0.370. The molecule has 3 aliphatic heterocycles. The topological polar surface area (TPSA) is 20.3 Å². The summed E-state index contributed by atoms with van der Waals surface area (Å²) in [5.74, 6) is 0.527. The number of hydrogen-bond donors (Lipinski definition) is 0. The largest absolute Gasteiger partial charge is 0.300 e. The number of hydrogen-bond acceptors (Lipinski definition) is 2. The highest BCUT2D eigenvalue weighted by atomic mass is 16.1. The van der Waals surface area contributed by atoms with E-state index in [1.54, 1.807) is 0 Å². The molecule has 2 nitrogen and oxygen atoms in total. The van der Waals surface area contributed by atoms with E-state index in [4.69, 9.17) is 0 Å². The predicted molar refractivity (Wildman–Crippen MR) is 55.1 cm³/mol. The van der Waals surface area contributed by atoms with Crippen LogP contribution in [-0.4, -0.2) is 28.8 Å². The van der Waals surface area contributed by atoms with Crippen LogP contribution in [0.1, 0.15) is 51.4 Å². The Morgan fingerprint density at radius 3 is 1.93 bits per heavy atom. The van der Waals surface area contributed by atoms with E-state index in [0.717, 1.165) is 18.9 Å². The highest BCUT2D eigenvalue weighted by Gasteiger charge is 2.42. The third-order valence-electron chi connectivity index (χ3n) is 4.34. The zero-order valence-electron chi connectivity index (χ0n) is 8.74. The number of rotatable bonds is 0. The Morgan fingerprint density at radius 1 is 0.857 bits per heavy atom. The van der Waals surface area contributed by atoms with Crippen molar-refractivity contribution in [1.29, 1.82) is 0 Å². The summed E-state index contributed by atoms with van der Waals surface area (Å²) in [5.41, 5.74) is 0. The summed E-state index contributed by atoms with van der Waals surface area (Å²) in [4.78, 5) is 14.3. The summed E-state index contributed by atoms with van der Waals surface area (Å²) in [6.45, 7) is 0. The van der Waals surface area contributed by atoms with E-state index in [-0.39, 0.29) is 0 Å². The minimum absolute atomic E-state index is 0.527. The number of ketones is 1. The van der Waals surface area contributed by atoms with Crippen molar-refractivity contribution in [2.75, 3.05) is 0 Å². The predicted octanol–water partition coefficient (Wildman–Crippen LogP) is 2.12. The molecule has 3 heterocycles. The van der Waals surface area contributed by atoms with E-state index < -0.39 is 0 Å². The molecule has 0 saturated carbocycles. The lowest BCUT2D eigenvalue weighted by Gasteiger charge is -2.52. The molecule has 0 aromatic carbocycles. The van der Waals surface area contributed by atoms with Crippen LogP contribution < -0.4 is 0 Å². The van der Waals surface area contributed by atoms with Gasteiger partial charge in [0, 0.05) is 31.0 Å². The van der Waals surface area contributed by atoms with E-state index in [1.807, 2.05) is 0 Å². The minimum atomic E-state index is 0.527. The second-order valence-electron chi connectivity index (χ2n) is 5.22. The Bertz CT molecular complexity index is 229. The Balaban J connectivity index is 1.85. The Morgan fingerprint density at radius 2 is 1.36 bits per heavy atom. The average molecular weight is 193 g/mol. The molecule has 3 aliphatic rings. The van der Waals surface area contributed by atoms with Crippen molar-refractivity contribution < 1.29 is 4.79 Å². The van der Waals surface area contributed by atoms with Gasteiger partial charge in [0.1, 0.15) is 5.78 Å². The maximum Gasteiger partial charge on any atom is 0.136 e. The van der Waals surface area contributed by atoms with Gasteiger partial charge >= 0.3 is 0 Å². The molecule has 0 unspecified atom stereocenters. The third kappa shape index (κ3) is 1.31. The quantitative estimate of drug-likeness (QED) is 0.587. The van der Waals surface area contributed by atoms with E-state index in [2.05, 4.69) is 4.90 Å². The highest BCUT2D eigenvalue weighted by Crippen LogP contribution is 2.39. The van der Waals surface area contributed by atoms with Crippen molar-refractivity contribution >= 4 is 5.78 Å². The van der Waals surface area contributed by atoms with Gasteiger partial charge in [-0.1, -0.05) is 12.8 Å². The fourth-order valence-electron chi connectivity index (χ4n) is 3.84. The molecule has 3 rings (SSSR count). The summed E-state index contributed by atoms with van der Waals surface area (Å²) >= 11 is 0. The van der Waals surface area contributed by atoms with Gasteiger partial charge in [-0.25, -0.2) is 0 Å². The summed E-state index contributed by atoms with van der Waals surface area (Å²) < 4.78 is 0. The van der Waals surface area contributed by atoms with Crippen LogP contribution in [0.25, 0.3) is 0 Å². The van der Waals surface area contributed by atoms with Gasteiger partial charge in [-0.15, -0.1) is 0 Å². The monoisotopic (exact) mass is 193 g/mol. The van der Waals surface area contributed by atoms with Gasteiger partial charge in [0.05, 0.1) is 0 Å². The highest BCUT2D eigenvalue weighted by molar-refractivity contribution is 5.80. The van der Waals surface area contributed by atoms with Crippen molar-refractivity contribution in [3.8, 4) is 0 Å². The zero-order chi connectivity index (χ0) is 9.54. The lowest BCUT2D eigenvalue weighted by atomic mass is 9.78. The van der Waals surface area contributed by atoms with E-state index in [9.17, 15) is 4.79 Å². The van der Waals surface area contributed by atoms with Crippen LogP contribution in [0, 0.1) is 0 Å². The fourth-order valence-corrected chi connectivity index (χ4v) is 3.84. The van der Waals surface area contributed by atoms with Crippen molar-refractivity contribution in [1.82, 2.24) is 4.90 Å². The average Bonchev–Trinajstić information content (AvgIpc) is 2.18. The summed E-state index contributed by atoms with van der Waals surface area (Å²) in [7, 11) is 0. The minimum Gasteiger partial charge on any atom is -0.300 e. The van der Waals surface area contributed by atoms with Crippen molar-refractivity contribution in [2.24, 2.45) is 0 Å². The second kappa shape index (κ2) is 3.34. The van der Waals surface area contributed by atoms with Crippen molar-refractivity contribution in [2.45, 2.75) is 69.5 Å². The molecule has 0 bridgehead atoms. The Kier molecular flexibility index (Phi) is 2.12. The first kappa shape index (κ1) is 8.90. The van der Waals surface area contributed by atoms with Crippen molar-refractivity contribution in [3.63, 3.8) is 0 Å². The standard InChI is InChI=1S/C12H19NO/c14-12-7-10-5-1-3-9-4-2-6-11(8-12)13(9)10/h9-11H,1-8H2/t10-,11-/m0/s1. The maximum absolute atomic E-state index is 11.6. The van der Waals surface area contributed by atoms with Gasteiger partial charge in [0.25, 0.3) is 0 Å². The lowest BCUT2D eigenvalue weighted by molar-refractivity contribution is -0.130. The molecule has 3 fully saturated rings. The van der Waals surface area contributed by atoms with Gasteiger partial charge in [-0.2, -0.15) is 0 Å². The normalized spacial score (nSPS) is 43.4. The molecule has 0 radical (unpaired) electrons. The third-order valence-corrected chi connectivity index (χ3v) is 4.34. The van der Waals surface area contributed by atoms with Crippen LogP contribution >= 0.6 is 0 Å². The molecule has 0 aromatic heterocycles. The van der Waals surface area contributed by atoms with Gasteiger partial charge in [-0.3, -0.25) is 9.69 Å². The molecule has 0 spiro atoms. The van der Waals surface area contributed by atoms with Crippen LogP contribution in [0.2, 0.25) is 0 Å². The summed E-state index contributed by atoms with van der Waals surface area (Å²) in [5, 5.41) is 0. The molecule has 78 valence electrons. The number of Topliss-reactive ketones (excluding diaryl/α,β-unsaturated/α-hetero) is 1. The van der Waals surface area contributed by atoms with Crippen LogP contribution in [-0.2, 0) is 4.79 Å². The maximum atomic E-state index is 11.6. The molecule has 2 heteroatoms. The molecule has 14 heavy (non-hydrogen) atoms. The van der Waals surface area contributed by atoms with Crippen LogP contribution in [0.3, 0.4) is 0 Å². The van der Waals surface area contributed by atoms with Crippen LogP contribution in [0.4, 0.5) is 0 Å². The van der Waals surface area contributed by atoms with Crippen LogP contribution in [0.5, 0.6) is 0 Å². The summed E-state index contributed by atoms with van der Waals surface area (Å²) in [6.07, 6.45) is 9.75. The lowest BCUT2D eigenvalue weighted by Crippen LogP contribution is -2.58. The first-order valence-corrected chi connectivity index (χ1v) is 6.14. The SMILES string of the molecule is O=C1C[C@@H]2CCCC3CCC[C@@H](C1)N32. The number of nitrogens with zero attached hydrogens (tertiary/aromatic N) is 1. The Labute approximate surface area is 85.7 Å².